The van der Waals surface area contributed by atoms with Crippen LogP contribution in [0.25, 0.3) is 0 Å². The molecule has 0 radical (unpaired) electrons. The number of hydrogen-bond donors (Lipinski definition) is 1. The van der Waals surface area contributed by atoms with Crippen molar-refractivity contribution < 1.29 is 18.0 Å². The Morgan fingerprint density at radius 1 is 1.44 bits per heavy atom. The summed E-state index contributed by atoms with van der Waals surface area (Å²) in [5.74, 6) is -0.428. The van der Waals surface area contributed by atoms with Crippen LogP contribution in [0.15, 0.2) is 0 Å². The van der Waals surface area contributed by atoms with E-state index >= 15 is 0 Å². The number of likely N-dealkylation sites (tertiary alicyclic amines) is 1. The van der Waals surface area contributed by atoms with Gasteiger partial charge in [0, 0.05) is 25.6 Å². The molecule has 0 aliphatic carbocycles. The van der Waals surface area contributed by atoms with E-state index in [2.05, 4.69) is 0 Å². The molecule has 18 heavy (non-hydrogen) atoms. The number of carbonyl (C=O) groups excluding carboxylic acids is 1. The lowest BCUT2D eigenvalue weighted by Gasteiger charge is -2.42. The highest BCUT2D eigenvalue weighted by Crippen LogP contribution is 2.29. The molecule has 1 aliphatic heterocycles. The van der Waals surface area contributed by atoms with E-state index in [0.29, 0.717) is 19.5 Å². The van der Waals surface area contributed by atoms with Crippen LogP contribution in [0.3, 0.4) is 0 Å². The smallest absolute Gasteiger partial charge is 0.342 e. The van der Waals surface area contributed by atoms with Crippen molar-refractivity contribution in [1.29, 1.82) is 0 Å². The van der Waals surface area contributed by atoms with E-state index in [1.807, 2.05) is 13.8 Å². The molecule has 0 aromatic heterocycles. The van der Waals surface area contributed by atoms with Crippen molar-refractivity contribution in [2.24, 2.45) is 11.1 Å². The van der Waals surface area contributed by atoms with Gasteiger partial charge in [-0.2, -0.15) is 13.2 Å². The summed E-state index contributed by atoms with van der Waals surface area (Å²) >= 11 is 0. The Morgan fingerprint density at radius 3 is 2.44 bits per heavy atom. The van der Waals surface area contributed by atoms with Gasteiger partial charge in [-0.3, -0.25) is 4.79 Å². The molecule has 0 aromatic carbocycles. The second-order valence-corrected chi connectivity index (χ2v) is 5.31. The van der Waals surface area contributed by atoms with Gasteiger partial charge in [-0.05, 0) is 11.8 Å². The molecule has 0 aromatic rings. The maximum Gasteiger partial charge on any atom is 0.389 e. The molecule has 3 nitrogen and oxygen atoms in total. The molecule has 2 N–H and O–H groups in total. The number of nitrogens with two attached hydrogens (primary N) is 1. The quantitative estimate of drug-likeness (QED) is 0.848. The van der Waals surface area contributed by atoms with Gasteiger partial charge in [0.1, 0.15) is 0 Å². The highest BCUT2D eigenvalue weighted by atomic mass is 35.5. The SMILES string of the molecule is CC1(C)CN(C(=O)CCC(F)(F)F)CCC1N.Cl. The molecule has 1 heterocycles. The zero-order valence-electron chi connectivity index (χ0n) is 10.6. The van der Waals surface area contributed by atoms with Gasteiger partial charge in [0.2, 0.25) is 5.91 Å². The van der Waals surface area contributed by atoms with Crippen molar-refractivity contribution >= 4 is 18.3 Å². The summed E-state index contributed by atoms with van der Waals surface area (Å²) in [6.45, 7) is 4.76. The average molecular weight is 289 g/mol. The van der Waals surface area contributed by atoms with Gasteiger partial charge in [-0.15, -0.1) is 12.4 Å². The molecule has 1 atom stereocenters. The molecule has 0 bridgehead atoms. The highest BCUT2D eigenvalue weighted by Gasteiger charge is 2.36. The molecule has 7 heteroatoms. The second-order valence-electron chi connectivity index (χ2n) is 5.31. The lowest BCUT2D eigenvalue weighted by molar-refractivity contribution is -0.151. The monoisotopic (exact) mass is 288 g/mol. The van der Waals surface area contributed by atoms with Crippen LogP contribution in [-0.4, -0.2) is 36.1 Å². The maximum absolute atomic E-state index is 12.0. The summed E-state index contributed by atoms with van der Waals surface area (Å²) in [6.07, 6.45) is -5.13. The van der Waals surface area contributed by atoms with E-state index in [1.54, 1.807) is 0 Å². The van der Waals surface area contributed by atoms with E-state index in [-0.39, 0.29) is 23.9 Å². The Balaban J connectivity index is 0.00000289. The molecule has 0 saturated carbocycles. The molecule has 1 aliphatic rings. The minimum atomic E-state index is -4.27. The number of carbonyl (C=O) groups is 1. The average Bonchev–Trinajstić information content (AvgIpc) is 2.17. The van der Waals surface area contributed by atoms with Crippen molar-refractivity contribution in [3.8, 4) is 0 Å². The molecular formula is C11H20ClF3N2O. The molecule has 108 valence electrons. The maximum atomic E-state index is 12.0. The third-order valence-corrected chi connectivity index (χ3v) is 3.29. The van der Waals surface area contributed by atoms with Gasteiger partial charge in [0.25, 0.3) is 0 Å². The minimum absolute atomic E-state index is 0. The lowest BCUT2D eigenvalue weighted by Crippen LogP contribution is -2.54. The van der Waals surface area contributed by atoms with Crippen molar-refractivity contribution in [1.82, 2.24) is 4.90 Å². The number of amides is 1. The van der Waals surface area contributed by atoms with Gasteiger partial charge in [0.15, 0.2) is 0 Å². The Kier molecular flexibility index (Phi) is 5.94. The summed E-state index contributed by atoms with van der Waals surface area (Å²) in [6, 6.07) is -0.00540. The third-order valence-electron chi connectivity index (χ3n) is 3.29. The first-order valence-electron chi connectivity index (χ1n) is 5.72. The van der Waals surface area contributed by atoms with E-state index in [1.165, 1.54) is 4.90 Å². The van der Waals surface area contributed by atoms with Gasteiger partial charge < -0.3 is 10.6 Å². The van der Waals surface area contributed by atoms with Crippen molar-refractivity contribution in [2.75, 3.05) is 13.1 Å². The van der Waals surface area contributed by atoms with Crippen LogP contribution < -0.4 is 5.73 Å². The number of rotatable bonds is 2. The van der Waals surface area contributed by atoms with E-state index in [4.69, 9.17) is 5.73 Å². The minimum Gasteiger partial charge on any atom is -0.342 e. The molecule has 1 fully saturated rings. The molecule has 1 unspecified atom stereocenters. The number of halogens is 4. The van der Waals surface area contributed by atoms with E-state index in [9.17, 15) is 18.0 Å². The summed E-state index contributed by atoms with van der Waals surface area (Å²) in [4.78, 5) is 13.1. The molecule has 0 spiro atoms. The van der Waals surface area contributed by atoms with Gasteiger partial charge in [-0.25, -0.2) is 0 Å². The fraction of sp³-hybridized carbons (Fsp3) is 0.909. The van der Waals surface area contributed by atoms with Crippen LogP contribution in [0.1, 0.15) is 33.1 Å². The van der Waals surface area contributed by atoms with Crippen LogP contribution in [0, 0.1) is 5.41 Å². The van der Waals surface area contributed by atoms with Gasteiger partial charge >= 0.3 is 6.18 Å². The fourth-order valence-corrected chi connectivity index (χ4v) is 1.99. The lowest BCUT2D eigenvalue weighted by atomic mass is 9.79. The number of hydrogen-bond acceptors (Lipinski definition) is 2. The summed E-state index contributed by atoms with van der Waals surface area (Å²) in [5, 5.41) is 0. The Hall–Kier alpha value is -0.490. The second kappa shape index (κ2) is 6.10. The molecular weight excluding hydrogens is 269 g/mol. The fourth-order valence-electron chi connectivity index (χ4n) is 1.99. The van der Waals surface area contributed by atoms with Crippen LogP contribution >= 0.6 is 12.4 Å². The number of nitrogens with zero attached hydrogens (tertiary/aromatic N) is 1. The summed E-state index contributed by atoms with van der Waals surface area (Å²) < 4.78 is 36.0. The highest BCUT2D eigenvalue weighted by molar-refractivity contribution is 5.85. The normalized spacial score (nSPS) is 23.4. The predicted octanol–water partition coefficient (Wildman–Crippen LogP) is 2.34. The van der Waals surface area contributed by atoms with Crippen LogP contribution in [0.4, 0.5) is 13.2 Å². The molecule has 1 amide bonds. The first-order valence-corrected chi connectivity index (χ1v) is 5.72. The summed E-state index contributed by atoms with van der Waals surface area (Å²) in [5.41, 5.74) is 5.67. The van der Waals surface area contributed by atoms with Crippen LogP contribution in [0.5, 0.6) is 0 Å². The predicted molar refractivity (Wildman–Crippen MR) is 65.5 cm³/mol. The molecule has 1 saturated heterocycles. The van der Waals surface area contributed by atoms with Crippen molar-refractivity contribution in [2.45, 2.75) is 45.3 Å². The molecule has 1 rings (SSSR count). The zero-order valence-corrected chi connectivity index (χ0v) is 11.4. The van der Waals surface area contributed by atoms with Crippen LogP contribution in [0.2, 0.25) is 0 Å². The van der Waals surface area contributed by atoms with Crippen molar-refractivity contribution in [3.05, 3.63) is 0 Å². The largest absolute Gasteiger partial charge is 0.389 e. The first-order chi connectivity index (χ1) is 7.62. The number of piperidine rings is 1. The van der Waals surface area contributed by atoms with Crippen molar-refractivity contribution in [3.63, 3.8) is 0 Å². The Bertz CT molecular complexity index is 295. The third kappa shape index (κ3) is 5.02. The Labute approximate surface area is 111 Å². The number of alkyl halides is 3. The van der Waals surface area contributed by atoms with Gasteiger partial charge in [0.05, 0.1) is 6.42 Å². The Morgan fingerprint density at radius 2 is 2.00 bits per heavy atom. The van der Waals surface area contributed by atoms with E-state index in [0.717, 1.165) is 0 Å². The topological polar surface area (TPSA) is 46.3 Å². The van der Waals surface area contributed by atoms with Crippen LogP contribution in [-0.2, 0) is 4.79 Å². The first kappa shape index (κ1) is 17.5. The standard InChI is InChI=1S/C11H19F3N2O.ClH/c1-10(2)7-16(6-4-8(10)15)9(17)3-5-11(12,13)14;/h8H,3-7,15H2,1-2H3;1H. The zero-order chi connectivity index (χ0) is 13.3. The summed E-state index contributed by atoms with van der Waals surface area (Å²) in [7, 11) is 0. The van der Waals surface area contributed by atoms with E-state index < -0.39 is 24.9 Å². The van der Waals surface area contributed by atoms with Gasteiger partial charge in [-0.1, -0.05) is 13.8 Å².